The van der Waals surface area contributed by atoms with Crippen LogP contribution in [0.4, 0.5) is 0 Å². The molecule has 0 bridgehead atoms. The minimum atomic E-state index is 0.113. The number of aromatic nitrogens is 1. The van der Waals surface area contributed by atoms with Crippen LogP contribution in [0.2, 0.25) is 5.02 Å². The number of hydrogen-bond donors (Lipinski definition) is 1. The van der Waals surface area contributed by atoms with E-state index in [9.17, 15) is 0 Å². The first-order valence-corrected chi connectivity index (χ1v) is 11.2. The van der Waals surface area contributed by atoms with Crippen molar-refractivity contribution >= 4 is 28.2 Å². The van der Waals surface area contributed by atoms with Crippen LogP contribution in [0.3, 0.4) is 0 Å². The molecule has 0 aliphatic rings. The van der Waals surface area contributed by atoms with Crippen LogP contribution in [0.1, 0.15) is 54.6 Å². The quantitative estimate of drug-likeness (QED) is 0.438. The van der Waals surface area contributed by atoms with Gasteiger partial charge in [0.15, 0.2) is 0 Å². The number of aryl methyl sites for hydroxylation is 3. The maximum absolute atomic E-state index is 6.99. The molecule has 1 aromatic heterocycles. The molecular weight excluding hydrogens is 402 g/mol. The highest BCUT2D eigenvalue weighted by molar-refractivity contribution is 6.36. The van der Waals surface area contributed by atoms with Crippen molar-refractivity contribution in [3.63, 3.8) is 0 Å². The summed E-state index contributed by atoms with van der Waals surface area (Å²) in [7, 11) is 1.80. The lowest BCUT2D eigenvalue weighted by Gasteiger charge is -2.20. The third-order valence-corrected chi connectivity index (χ3v) is 6.56. The molecule has 0 spiro atoms. The summed E-state index contributed by atoms with van der Waals surface area (Å²) in [5.41, 5.74) is 15.8. The van der Waals surface area contributed by atoms with Gasteiger partial charge in [0.25, 0.3) is 0 Å². The van der Waals surface area contributed by atoms with Crippen molar-refractivity contribution in [2.45, 2.75) is 53.4 Å². The van der Waals surface area contributed by atoms with Crippen LogP contribution in [0, 0.1) is 13.8 Å². The predicted molar refractivity (Wildman–Crippen MR) is 134 cm³/mol. The number of nitrogens with two attached hydrogens (primary N) is 1. The molecular formula is C27H32ClN3. The Labute approximate surface area is 191 Å². The van der Waals surface area contributed by atoms with Gasteiger partial charge in [-0.05, 0) is 74.4 Å². The number of halogens is 1. The zero-order valence-corrected chi connectivity index (χ0v) is 20.1. The lowest BCUT2D eigenvalue weighted by molar-refractivity contribution is 0.908. The topological polar surface area (TPSA) is 51.3 Å². The Balaban J connectivity index is 2.08. The fourth-order valence-corrected chi connectivity index (χ4v) is 4.74. The maximum atomic E-state index is 6.99. The van der Waals surface area contributed by atoms with Crippen molar-refractivity contribution in [2.24, 2.45) is 10.7 Å². The molecule has 0 radical (unpaired) electrons. The van der Waals surface area contributed by atoms with Crippen LogP contribution in [0.15, 0.2) is 58.7 Å². The summed E-state index contributed by atoms with van der Waals surface area (Å²) in [6.45, 7) is 10.3. The summed E-state index contributed by atoms with van der Waals surface area (Å²) in [5.74, 6) is 0.113. The molecule has 1 unspecified atom stereocenters. The van der Waals surface area contributed by atoms with Crippen molar-refractivity contribution < 1.29 is 0 Å². The van der Waals surface area contributed by atoms with E-state index >= 15 is 0 Å². The third kappa shape index (κ3) is 4.83. The van der Waals surface area contributed by atoms with Gasteiger partial charge in [0.05, 0.1) is 10.5 Å². The van der Waals surface area contributed by atoms with E-state index < -0.39 is 0 Å². The fourth-order valence-electron chi connectivity index (χ4n) is 4.36. The minimum Gasteiger partial charge on any atom is -0.402 e. The normalized spacial score (nSPS) is 14.0. The maximum Gasteiger partial charge on any atom is 0.0749 e. The van der Waals surface area contributed by atoms with Crippen LogP contribution in [-0.4, -0.2) is 17.7 Å². The lowest BCUT2D eigenvalue weighted by atomic mass is 9.87. The molecule has 0 saturated carbocycles. The zero-order chi connectivity index (χ0) is 22.7. The number of benzene rings is 2. The number of aliphatic imine (C=N–C) groups is 1. The Hall–Kier alpha value is -2.65. The fraction of sp³-hybridized carbons (Fsp3) is 0.333. The van der Waals surface area contributed by atoms with Crippen LogP contribution in [0.25, 0.3) is 10.9 Å². The largest absolute Gasteiger partial charge is 0.402 e. The van der Waals surface area contributed by atoms with Gasteiger partial charge in [-0.1, -0.05) is 54.9 Å². The number of allylic oxidation sites excluding steroid dienone is 2. The van der Waals surface area contributed by atoms with E-state index in [1.807, 2.05) is 19.9 Å². The van der Waals surface area contributed by atoms with E-state index in [2.05, 4.69) is 62.2 Å². The number of pyridine rings is 1. The van der Waals surface area contributed by atoms with E-state index in [1.165, 1.54) is 11.1 Å². The number of hydrogen-bond acceptors (Lipinski definition) is 3. The number of rotatable bonds is 6. The molecule has 4 heteroatoms. The van der Waals surface area contributed by atoms with Crippen LogP contribution < -0.4 is 5.73 Å². The monoisotopic (exact) mass is 433 g/mol. The van der Waals surface area contributed by atoms with Crippen LogP contribution in [-0.2, 0) is 12.8 Å². The molecule has 3 aromatic rings. The molecule has 0 aliphatic heterocycles. The SMILES string of the molecule is CN=C(C)C(=C(C)N)C(C)c1cc(C)c2nc(C)c(CCc3ccccc3)c(Cl)c2c1. The molecule has 3 rings (SSSR count). The average Bonchev–Trinajstić information content (AvgIpc) is 2.74. The number of nitrogens with zero attached hydrogens (tertiary/aromatic N) is 2. The van der Waals surface area contributed by atoms with Crippen LogP contribution in [0.5, 0.6) is 0 Å². The van der Waals surface area contributed by atoms with E-state index in [0.717, 1.165) is 62.6 Å². The van der Waals surface area contributed by atoms with Crippen molar-refractivity contribution in [2.75, 3.05) is 7.05 Å². The first-order chi connectivity index (χ1) is 14.7. The Kier molecular flexibility index (Phi) is 7.17. The molecule has 2 N–H and O–H groups in total. The molecule has 31 heavy (non-hydrogen) atoms. The second-order valence-electron chi connectivity index (χ2n) is 8.34. The van der Waals surface area contributed by atoms with E-state index in [4.69, 9.17) is 22.3 Å². The summed E-state index contributed by atoms with van der Waals surface area (Å²) < 4.78 is 0. The minimum absolute atomic E-state index is 0.113. The zero-order valence-electron chi connectivity index (χ0n) is 19.4. The summed E-state index contributed by atoms with van der Waals surface area (Å²) in [6.07, 6.45) is 1.81. The van der Waals surface area contributed by atoms with Gasteiger partial charge in [0, 0.05) is 35.5 Å². The lowest BCUT2D eigenvalue weighted by Crippen LogP contribution is -2.13. The van der Waals surface area contributed by atoms with Crippen molar-refractivity contribution in [3.8, 4) is 0 Å². The van der Waals surface area contributed by atoms with Gasteiger partial charge in [-0.15, -0.1) is 0 Å². The van der Waals surface area contributed by atoms with Crippen molar-refractivity contribution in [3.05, 3.63) is 86.7 Å². The van der Waals surface area contributed by atoms with Gasteiger partial charge in [-0.25, -0.2) is 0 Å². The Bertz CT molecular complexity index is 1160. The second-order valence-corrected chi connectivity index (χ2v) is 8.71. The Morgan fingerprint density at radius 3 is 2.39 bits per heavy atom. The molecule has 0 fully saturated rings. The molecule has 2 aromatic carbocycles. The summed E-state index contributed by atoms with van der Waals surface area (Å²) >= 11 is 6.99. The molecule has 0 amide bonds. The van der Waals surface area contributed by atoms with Crippen molar-refractivity contribution in [1.82, 2.24) is 4.98 Å². The van der Waals surface area contributed by atoms with Gasteiger partial charge in [-0.3, -0.25) is 9.98 Å². The van der Waals surface area contributed by atoms with Gasteiger partial charge >= 0.3 is 0 Å². The van der Waals surface area contributed by atoms with Crippen molar-refractivity contribution in [1.29, 1.82) is 0 Å². The predicted octanol–water partition coefficient (Wildman–Crippen LogP) is 6.72. The highest BCUT2D eigenvalue weighted by atomic mass is 35.5. The van der Waals surface area contributed by atoms with Crippen LogP contribution >= 0.6 is 11.6 Å². The van der Waals surface area contributed by atoms with E-state index in [1.54, 1.807) is 7.05 Å². The smallest absolute Gasteiger partial charge is 0.0749 e. The highest BCUT2D eigenvalue weighted by Gasteiger charge is 2.19. The Morgan fingerprint density at radius 1 is 1.10 bits per heavy atom. The standard InChI is InChI=1S/C27H32ClN3/c1-16-14-22(17(2)25(18(3)29)20(5)30-6)15-24-26(28)23(19(4)31-27(16)24)13-12-21-10-8-7-9-11-21/h7-11,14-15,17H,12-13,29H2,1-6H3. The van der Waals surface area contributed by atoms with Gasteiger partial charge in [0.1, 0.15) is 0 Å². The average molecular weight is 434 g/mol. The molecule has 3 nitrogen and oxygen atoms in total. The van der Waals surface area contributed by atoms with E-state index in [0.29, 0.717) is 0 Å². The first-order valence-electron chi connectivity index (χ1n) is 10.8. The molecule has 1 atom stereocenters. The summed E-state index contributed by atoms with van der Waals surface area (Å²) in [5, 5.41) is 1.82. The molecule has 0 saturated heterocycles. The van der Waals surface area contributed by atoms with Gasteiger partial charge < -0.3 is 5.73 Å². The highest BCUT2D eigenvalue weighted by Crippen LogP contribution is 2.35. The molecule has 162 valence electrons. The first kappa shape index (κ1) is 23.0. The molecule has 0 aliphatic carbocycles. The second kappa shape index (κ2) is 9.65. The van der Waals surface area contributed by atoms with Gasteiger partial charge in [0.2, 0.25) is 0 Å². The third-order valence-electron chi connectivity index (χ3n) is 6.13. The summed E-state index contributed by atoms with van der Waals surface area (Å²) in [6, 6.07) is 14.9. The number of fused-ring (bicyclic) bond motifs is 1. The van der Waals surface area contributed by atoms with Gasteiger partial charge in [-0.2, -0.15) is 0 Å². The van der Waals surface area contributed by atoms with E-state index in [-0.39, 0.29) is 5.92 Å². The summed E-state index contributed by atoms with van der Waals surface area (Å²) in [4.78, 5) is 9.31. The Morgan fingerprint density at radius 2 is 1.77 bits per heavy atom. The molecule has 1 heterocycles.